The van der Waals surface area contributed by atoms with Crippen molar-refractivity contribution >= 4 is 0 Å². The van der Waals surface area contributed by atoms with E-state index >= 15 is 0 Å². The average molecular weight is 206 g/mol. The molecule has 14 heavy (non-hydrogen) atoms. The molecular weight excluding hydrogens is 184 g/mol. The van der Waals surface area contributed by atoms with Crippen molar-refractivity contribution in [2.45, 2.75) is 59.0 Å². The Kier molecular flexibility index (Phi) is 7.09. The topological polar surface area (TPSA) is 47.9 Å². The molecule has 0 amide bonds. The Morgan fingerprint density at radius 2 is 1.50 bits per heavy atom. The van der Waals surface area contributed by atoms with Crippen LogP contribution in [-0.4, -0.2) is 36.1 Å². The lowest BCUT2D eigenvalue weighted by Gasteiger charge is -2.21. The molecule has 1 N–H and O–H groups in total. The largest absolute Gasteiger partial charge is 0.390 e. The van der Waals surface area contributed by atoms with Crippen LogP contribution in [0.4, 0.5) is 0 Å². The van der Waals surface area contributed by atoms with Gasteiger partial charge in [-0.1, -0.05) is 0 Å². The van der Waals surface area contributed by atoms with E-state index in [2.05, 4.69) is 0 Å². The van der Waals surface area contributed by atoms with Gasteiger partial charge in [0.15, 0.2) is 0 Å². The Balaban J connectivity index is 3.78. The van der Waals surface area contributed by atoms with Gasteiger partial charge in [0, 0.05) is 0 Å². The van der Waals surface area contributed by atoms with E-state index in [9.17, 15) is 5.11 Å². The fraction of sp³-hybridized carbons (Fsp3) is 1.00. The molecule has 0 aromatic rings. The molecule has 4 heteroatoms. The molecule has 0 aromatic carbocycles. The molecular formula is C10H22O4. The molecule has 0 aromatic heterocycles. The fourth-order valence-electron chi connectivity index (χ4n) is 0.717. The lowest BCUT2D eigenvalue weighted by atomic mass is 10.2. The van der Waals surface area contributed by atoms with Crippen molar-refractivity contribution in [1.82, 2.24) is 0 Å². The highest BCUT2D eigenvalue weighted by Gasteiger charge is 2.18. The van der Waals surface area contributed by atoms with E-state index in [1.165, 1.54) is 0 Å². The first-order valence-corrected chi connectivity index (χ1v) is 5.05. The maximum Gasteiger partial charge on any atom is 0.142 e. The summed E-state index contributed by atoms with van der Waals surface area (Å²) in [4.78, 5) is 10.00. The zero-order chi connectivity index (χ0) is 11.1. The second kappa shape index (κ2) is 7.17. The van der Waals surface area contributed by atoms with Gasteiger partial charge in [-0.2, -0.15) is 0 Å². The SMILES string of the molecule is CC(C)OCC(OOC(C)C)C(C)O. The van der Waals surface area contributed by atoms with Crippen molar-refractivity contribution in [2.24, 2.45) is 0 Å². The van der Waals surface area contributed by atoms with Gasteiger partial charge in [0.05, 0.1) is 24.9 Å². The van der Waals surface area contributed by atoms with Gasteiger partial charge < -0.3 is 9.84 Å². The third-order valence-electron chi connectivity index (χ3n) is 1.50. The number of aliphatic hydroxyl groups is 1. The second-order valence-electron chi connectivity index (χ2n) is 3.90. The zero-order valence-electron chi connectivity index (χ0n) is 9.69. The third kappa shape index (κ3) is 7.26. The van der Waals surface area contributed by atoms with Crippen LogP contribution in [0.2, 0.25) is 0 Å². The van der Waals surface area contributed by atoms with Crippen LogP contribution in [0.25, 0.3) is 0 Å². The summed E-state index contributed by atoms with van der Waals surface area (Å²) in [5, 5.41) is 9.35. The Labute approximate surface area is 86.1 Å². The lowest BCUT2D eigenvalue weighted by molar-refractivity contribution is -0.361. The van der Waals surface area contributed by atoms with Gasteiger partial charge >= 0.3 is 0 Å². The van der Waals surface area contributed by atoms with Crippen molar-refractivity contribution in [2.75, 3.05) is 6.61 Å². The smallest absolute Gasteiger partial charge is 0.142 e. The normalized spacial score (nSPS) is 16.3. The molecule has 0 spiro atoms. The molecule has 4 nitrogen and oxygen atoms in total. The summed E-state index contributed by atoms with van der Waals surface area (Å²) in [7, 11) is 0. The molecule has 0 aliphatic heterocycles. The van der Waals surface area contributed by atoms with E-state index < -0.39 is 12.2 Å². The summed E-state index contributed by atoms with van der Waals surface area (Å²) in [6, 6.07) is 0. The molecule has 2 atom stereocenters. The highest BCUT2D eigenvalue weighted by atomic mass is 17.2. The number of aliphatic hydroxyl groups excluding tert-OH is 1. The minimum absolute atomic E-state index is 0.0182. The number of ether oxygens (including phenoxy) is 1. The number of hydrogen-bond donors (Lipinski definition) is 1. The predicted molar refractivity (Wildman–Crippen MR) is 53.9 cm³/mol. The fourth-order valence-corrected chi connectivity index (χ4v) is 0.717. The summed E-state index contributed by atoms with van der Waals surface area (Å²) < 4.78 is 5.33. The summed E-state index contributed by atoms with van der Waals surface area (Å²) >= 11 is 0. The summed E-state index contributed by atoms with van der Waals surface area (Å²) in [5.41, 5.74) is 0. The number of hydrogen-bond acceptors (Lipinski definition) is 4. The van der Waals surface area contributed by atoms with Crippen LogP contribution in [0, 0.1) is 0 Å². The van der Waals surface area contributed by atoms with Gasteiger partial charge in [0.1, 0.15) is 6.10 Å². The summed E-state index contributed by atoms with van der Waals surface area (Å²) in [6.07, 6.45) is -0.929. The van der Waals surface area contributed by atoms with Gasteiger partial charge in [0.2, 0.25) is 0 Å². The highest BCUT2D eigenvalue weighted by Crippen LogP contribution is 2.04. The Morgan fingerprint density at radius 3 is 1.86 bits per heavy atom. The molecule has 86 valence electrons. The van der Waals surface area contributed by atoms with Crippen LogP contribution in [0.15, 0.2) is 0 Å². The molecule has 0 aliphatic carbocycles. The molecule has 0 radical (unpaired) electrons. The molecule has 0 saturated heterocycles. The first-order chi connectivity index (χ1) is 6.43. The molecule has 0 rings (SSSR count). The molecule has 0 fully saturated rings. The standard InChI is InChI=1S/C10H22O4/c1-7(2)12-6-10(9(5)11)14-13-8(3)4/h7-11H,6H2,1-5H3. The minimum atomic E-state index is -0.604. The average Bonchev–Trinajstić information content (AvgIpc) is 2.02. The van der Waals surface area contributed by atoms with Crippen molar-refractivity contribution in [3.8, 4) is 0 Å². The Hall–Kier alpha value is -0.160. The molecule has 0 heterocycles. The Bertz CT molecular complexity index is 122. The zero-order valence-corrected chi connectivity index (χ0v) is 9.69. The van der Waals surface area contributed by atoms with Gasteiger partial charge in [-0.3, -0.25) is 0 Å². The first-order valence-electron chi connectivity index (χ1n) is 5.05. The predicted octanol–water partition coefficient (Wildman–Crippen LogP) is 1.52. The maximum absolute atomic E-state index is 9.35. The quantitative estimate of drug-likeness (QED) is 0.507. The van der Waals surface area contributed by atoms with Crippen molar-refractivity contribution in [3.05, 3.63) is 0 Å². The molecule has 2 unspecified atom stereocenters. The summed E-state index contributed by atoms with van der Waals surface area (Å²) in [5.74, 6) is 0. The first kappa shape index (κ1) is 13.8. The van der Waals surface area contributed by atoms with Crippen LogP contribution in [-0.2, 0) is 14.5 Å². The molecule has 0 bridgehead atoms. The minimum Gasteiger partial charge on any atom is -0.390 e. The lowest BCUT2D eigenvalue weighted by Crippen LogP contribution is -2.33. The maximum atomic E-state index is 9.35. The van der Waals surface area contributed by atoms with Crippen molar-refractivity contribution in [3.63, 3.8) is 0 Å². The van der Waals surface area contributed by atoms with Gasteiger partial charge in [0.25, 0.3) is 0 Å². The van der Waals surface area contributed by atoms with Gasteiger partial charge in [-0.25, -0.2) is 9.78 Å². The van der Waals surface area contributed by atoms with E-state index in [1.807, 2.05) is 27.7 Å². The van der Waals surface area contributed by atoms with E-state index in [1.54, 1.807) is 6.92 Å². The van der Waals surface area contributed by atoms with Crippen LogP contribution in [0.3, 0.4) is 0 Å². The van der Waals surface area contributed by atoms with E-state index in [0.717, 1.165) is 0 Å². The number of rotatable bonds is 7. The van der Waals surface area contributed by atoms with Gasteiger partial charge in [-0.15, -0.1) is 0 Å². The summed E-state index contributed by atoms with van der Waals surface area (Å²) in [6.45, 7) is 9.58. The van der Waals surface area contributed by atoms with E-state index in [0.29, 0.717) is 6.61 Å². The Morgan fingerprint density at radius 1 is 0.929 bits per heavy atom. The van der Waals surface area contributed by atoms with Crippen LogP contribution >= 0.6 is 0 Å². The van der Waals surface area contributed by atoms with Crippen LogP contribution in [0.1, 0.15) is 34.6 Å². The van der Waals surface area contributed by atoms with Gasteiger partial charge in [-0.05, 0) is 34.6 Å². The molecule has 0 saturated carbocycles. The second-order valence-corrected chi connectivity index (χ2v) is 3.90. The van der Waals surface area contributed by atoms with E-state index in [4.69, 9.17) is 14.5 Å². The molecule has 0 aliphatic rings. The monoisotopic (exact) mass is 206 g/mol. The van der Waals surface area contributed by atoms with E-state index in [-0.39, 0.29) is 12.2 Å². The highest BCUT2D eigenvalue weighted by molar-refractivity contribution is 4.62. The van der Waals surface area contributed by atoms with Crippen LogP contribution < -0.4 is 0 Å². The van der Waals surface area contributed by atoms with Crippen molar-refractivity contribution in [1.29, 1.82) is 0 Å². The van der Waals surface area contributed by atoms with Crippen LogP contribution in [0.5, 0.6) is 0 Å². The third-order valence-corrected chi connectivity index (χ3v) is 1.50. The van der Waals surface area contributed by atoms with Crippen molar-refractivity contribution < 1.29 is 19.6 Å².